The topological polar surface area (TPSA) is 82.0 Å². The molecule has 0 radical (unpaired) electrons. The quantitative estimate of drug-likeness (QED) is 0.934. The van der Waals surface area contributed by atoms with E-state index in [9.17, 15) is 4.79 Å². The Kier molecular flexibility index (Phi) is 3.53. The lowest BCUT2D eigenvalue weighted by Gasteiger charge is -1.93. The van der Waals surface area contributed by atoms with Crippen LogP contribution >= 0.6 is 15.9 Å². The summed E-state index contributed by atoms with van der Waals surface area (Å²) in [4.78, 5) is 14.8. The van der Waals surface area contributed by atoms with Gasteiger partial charge >= 0.3 is 0 Å². The van der Waals surface area contributed by atoms with Crippen molar-refractivity contribution in [1.82, 2.24) is 10.1 Å². The van der Waals surface area contributed by atoms with Crippen LogP contribution in [0.2, 0.25) is 0 Å². The molecule has 0 bridgehead atoms. The highest BCUT2D eigenvalue weighted by atomic mass is 79.9. The molecule has 17 heavy (non-hydrogen) atoms. The number of hydrogen-bond donors (Lipinski definition) is 1. The molecule has 5 nitrogen and oxygen atoms in total. The van der Waals surface area contributed by atoms with E-state index in [0.717, 1.165) is 10.0 Å². The molecule has 0 aliphatic heterocycles. The van der Waals surface area contributed by atoms with Crippen LogP contribution in [0.1, 0.15) is 12.3 Å². The minimum atomic E-state index is -0.381. The molecule has 0 aliphatic carbocycles. The number of rotatable bonds is 4. The largest absolute Gasteiger partial charge is 0.370 e. The number of nitrogens with two attached hydrogens (primary N) is 1. The van der Waals surface area contributed by atoms with E-state index < -0.39 is 0 Å². The van der Waals surface area contributed by atoms with Crippen molar-refractivity contribution in [2.75, 3.05) is 0 Å². The first kappa shape index (κ1) is 11.8. The zero-order valence-electron chi connectivity index (χ0n) is 8.89. The van der Waals surface area contributed by atoms with E-state index in [1.54, 1.807) is 0 Å². The first-order chi connectivity index (χ1) is 8.15. The van der Waals surface area contributed by atoms with Gasteiger partial charge in [0.15, 0.2) is 0 Å². The average Bonchev–Trinajstić information content (AvgIpc) is 2.76. The summed E-state index contributed by atoms with van der Waals surface area (Å²) in [6.45, 7) is 0. The number of benzene rings is 1. The smallest absolute Gasteiger partial charge is 0.227 e. The normalized spacial score (nSPS) is 10.4. The highest BCUT2D eigenvalue weighted by Crippen LogP contribution is 2.19. The van der Waals surface area contributed by atoms with Gasteiger partial charge in [0.05, 0.1) is 0 Å². The van der Waals surface area contributed by atoms with Crippen molar-refractivity contribution in [2.45, 2.75) is 12.8 Å². The zero-order chi connectivity index (χ0) is 12.3. The van der Waals surface area contributed by atoms with E-state index in [1.165, 1.54) is 0 Å². The minimum absolute atomic E-state index is 0.210. The maximum Gasteiger partial charge on any atom is 0.227 e. The van der Waals surface area contributed by atoms with Crippen LogP contribution < -0.4 is 5.73 Å². The number of aryl methyl sites for hydroxylation is 1. The fourth-order valence-electron chi connectivity index (χ4n) is 1.30. The molecular formula is C11H10BrN3O2. The van der Waals surface area contributed by atoms with Gasteiger partial charge in [0.2, 0.25) is 17.6 Å². The third-order valence-electron chi connectivity index (χ3n) is 2.16. The van der Waals surface area contributed by atoms with Gasteiger partial charge in [-0.25, -0.2) is 0 Å². The van der Waals surface area contributed by atoms with Gasteiger partial charge < -0.3 is 10.3 Å². The lowest BCUT2D eigenvalue weighted by Crippen LogP contribution is -2.11. The molecule has 1 aromatic heterocycles. The van der Waals surface area contributed by atoms with E-state index in [1.807, 2.05) is 24.3 Å². The molecule has 1 amide bonds. The van der Waals surface area contributed by atoms with Gasteiger partial charge in [-0.05, 0) is 24.3 Å². The molecule has 1 heterocycles. The molecule has 0 saturated carbocycles. The summed E-state index contributed by atoms with van der Waals surface area (Å²) in [6, 6.07) is 7.56. The number of carbonyl (C=O) groups excluding carboxylic acids is 1. The van der Waals surface area contributed by atoms with Crippen LogP contribution in [-0.2, 0) is 11.2 Å². The van der Waals surface area contributed by atoms with Crippen LogP contribution in [0.3, 0.4) is 0 Å². The summed E-state index contributed by atoms with van der Waals surface area (Å²) in [7, 11) is 0. The van der Waals surface area contributed by atoms with Gasteiger partial charge in [-0.3, -0.25) is 4.79 Å². The van der Waals surface area contributed by atoms with E-state index in [-0.39, 0.29) is 12.3 Å². The first-order valence-electron chi connectivity index (χ1n) is 5.02. The highest BCUT2D eigenvalue weighted by molar-refractivity contribution is 9.10. The van der Waals surface area contributed by atoms with Crippen molar-refractivity contribution >= 4 is 21.8 Å². The van der Waals surface area contributed by atoms with Crippen LogP contribution in [0.4, 0.5) is 0 Å². The molecule has 6 heteroatoms. The standard InChI is InChI=1S/C11H10BrN3O2/c12-8-3-1-7(2-4-8)11-14-10(17-15-11)6-5-9(13)16/h1-4H,5-6H2,(H2,13,16). The Morgan fingerprint density at radius 2 is 2.06 bits per heavy atom. The number of nitrogens with zero attached hydrogens (tertiary/aromatic N) is 2. The van der Waals surface area contributed by atoms with Crippen molar-refractivity contribution in [3.8, 4) is 11.4 Å². The molecule has 0 aliphatic rings. The Labute approximate surface area is 106 Å². The van der Waals surface area contributed by atoms with Crippen molar-refractivity contribution in [3.63, 3.8) is 0 Å². The van der Waals surface area contributed by atoms with Crippen LogP contribution in [0.15, 0.2) is 33.3 Å². The zero-order valence-corrected chi connectivity index (χ0v) is 10.5. The molecule has 0 saturated heterocycles. The summed E-state index contributed by atoms with van der Waals surface area (Å²) in [5, 5.41) is 3.84. The Hall–Kier alpha value is -1.69. The number of hydrogen-bond acceptors (Lipinski definition) is 4. The summed E-state index contributed by atoms with van der Waals surface area (Å²) in [5.41, 5.74) is 5.90. The summed E-state index contributed by atoms with van der Waals surface area (Å²) in [5.74, 6) is 0.548. The minimum Gasteiger partial charge on any atom is -0.370 e. The predicted molar refractivity (Wildman–Crippen MR) is 64.9 cm³/mol. The number of aromatic nitrogens is 2. The second-order valence-corrected chi connectivity index (χ2v) is 4.40. The molecule has 0 spiro atoms. The number of amides is 1. The van der Waals surface area contributed by atoms with Crippen LogP contribution in [0.25, 0.3) is 11.4 Å². The molecule has 2 N–H and O–H groups in total. The fourth-order valence-corrected chi connectivity index (χ4v) is 1.57. The second-order valence-electron chi connectivity index (χ2n) is 3.48. The van der Waals surface area contributed by atoms with Crippen molar-refractivity contribution in [1.29, 1.82) is 0 Å². The summed E-state index contributed by atoms with van der Waals surface area (Å²) >= 11 is 3.35. The maximum absolute atomic E-state index is 10.6. The fraction of sp³-hybridized carbons (Fsp3) is 0.182. The average molecular weight is 296 g/mol. The van der Waals surface area contributed by atoms with E-state index in [0.29, 0.717) is 18.1 Å². The SMILES string of the molecule is NC(=O)CCc1nc(-c2ccc(Br)cc2)no1. The van der Waals surface area contributed by atoms with Gasteiger partial charge in [-0.15, -0.1) is 0 Å². The van der Waals surface area contributed by atoms with Crippen molar-refractivity contribution < 1.29 is 9.32 Å². The van der Waals surface area contributed by atoms with Crippen molar-refractivity contribution in [2.24, 2.45) is 5.73 Å². The van der Waals surface area contributed by atoms with Crippen LogP contribution in [-0.4, -0.2) is 16.0 Å². The van der Waals surface area contributed by atoms with Gasteiger partial charge in [-0.1, -0.05) is 21.1 Å². The Bertz CT molecular complexity index is 522. The Morgan fingerprint density at radius 1 is 1.35 bits per heavy atom. The highest BCUT2D eigenvalue weighted by Gasteiger charge is 2.09. The Balaban J connectivity index is 2.12. The first-order valence-corrected chi connectivity index (χ1v) is 5.81. The lowest BCUT2D eigenvalue weighted by molar-refractivity contribution is -0.118. The third kappa shape index (κ3) is 3.13. The summed E-state index contributed by atoms with van der Waals surface area (Å²) in [6.07, 6.45) is 0.584. The second kappa shape index (κ2) is 5.09. The van der Waals surface area contributed by atoms with E-state index in [4.69, 9.17) is 10.3 Å². The number of carbonyl (C=O) groups is 1. The maximum atomic E-state index is 10.6. The van der Waals surface area contributed by atoms with E-state index >= 15 is 0 Å². The molecule has 0 unspecified atom stereocenters. The number of halogens is 1. The van der Waals surface area contributed by atoms with Crippen LogP contribution in [0, 0.1) is 0 Å². The summed E-state index contributed by atoms with van der Waals surface area (Å²) < 4.78 is 6.00. The molecule has 2 aromatic rings. The van der Waals surface area contributed by atoms with E-state index in [2.05, 4.69) is 26.1 Å². The van der Waals surface area contributed by atoms with Crippen molar-refractivity contribution in [3.05, 3.63) is 34.6 Å². The molecule has 88 valence electrons. The lowest BCUT2D eigenvalue weighted by atomic mass is 10.2. The molecular weight excluding hydrogens is 286 g/mol. The monoisotopic (exact) mass is 295 g/mol. The molecule has 0 fully saturated rings. The van der Waals surface area contributed by atoms with Crippen LogP contribution in [0.5, 0.6) is 0 Å². The van der Waals surface area contributed by atoms with Gasteiger partial charge in [-0.2, -0.15) is 4.98 Å². The number of primary amides is 1. The molecule has 0 atom stereocenters. The van der Waals surface area contributed by atoms with Gasteiger partial charge in [0.25, 0.3) is 0 Å². The molecule has 1 aromatic carbocycles. The predicted octanol–water partition coefficient (Wildman–Crippen LogP) is 1.92. The third-order valence-corrected chi connectivity index (χ3v) is 2.68. The Morgan fingerprint density at radius 3 is 2.71 bits per heavy atom. The van der Waals surface area contributed by atoms with Gasteiger partial charge in [0.1, 0.15) is 0 Å². The van der Waals surface area contributed by atoms with Gasteiger partial charge in [0, 0.05) is 22.9 Å². The molecule has 2 rings (SSSR count).